The van der Waals surface area contributed by atoms with Crippen molar-refractivity contribution in [3.8, 4) is 0 Å². The Balaban J connectivity index is 2.78. The number of nitrogens with one attached hydrogen (secondary N) is 1. The van der Waals surface area contributed by atoms with Crippen molar-refractivity contribution in [2.45, 2.75) is 46.1 Å². The van der Waals surface area contributed by atoms with E-state index in [1.54, 1.807) is 0 Å². The van der Waals surface area contributed by atoms with Crippen LogP contribution in [0.15, 0.2) is 24.3 Å². The van der Waals surface area contributed by atoms with Gasteiger partial charge in [-0.25, -0.2) is 0 Å². The molecule has 0 aliphatic rings. The smallest absolute Gasteiger partial charge is 0.220 e. The predicted octanol–water partition coefficient (Wildman–Crippen LogP) is 2.94. The van der Waals surface area contributed by atoms with Crippen LogP contribution < -0.4 is 11.1 Å². The molecule has 0 heterocycles. The van der Waals surface area contributed by atoms with Gasteiger partial charge < -0.3 is 11.1 Å². The number of carbonyl (C=O) groups excluding carboxylic acids is 1. The number of rotatable bonds is 7. The van der Waals surface area contributed by atoms with Crippen molar-refractivity contribution in [3.05, 3.63) is 35.4 Å². The molecule has 0 saturated carbocycles. The van der Waals surface area contributed by atoms with Gasteiger partial charge in [-0.15, -0.1) is 0 Å². The van der Waals surface area contributed by atoms with Crippen LogP contribution in [0.1, 0.15) is 50.3 Å². The standard InChI is InChI=1S/C16H26N2O/c1-12(2)11-15(18-16(19)9-6-10-17)14-8-5-4-7-13(14)3/h4-5,7-8,12,15H,6,9-11,17H2,1-3H3,(H,18,19). The molecule has 3 heteroatoms. The SMILES string of the molecule is Cc1ccccc1C(CC(C)C)NC(=O)CCCN. The minimum absolute atomic E-state index is 0.0966. The van der Waals surface area contributed by atoms with E-state index in [0.29, 0.717) is 18.9 Å². The highest BCUT2D eigenvalue weighted by molar-refractivity contribution is 5.76. The first-order valence-corrected chi connectivity index (χ1v) is 7.09. The van der Waals surface area contributed by atoms with Crippen molar-refractivity contribution in [2.24, 2.45) is 11.7 Å². The average molecular weight is 262 g/mol. The molecule has 3 N–H and O–H groups in total. The zero-order valence-corrected chi connectivity index (χ0v) is 12.3. The molecule has 0 aromatic heterocycles. The first kappa shape index (κ1) is 15.7. The molecular weight excluding hydrogens is 236 g/mol. The van der Waals surface area contributed by atoms with E-state index in [0.717, 1.165) is 12.8 Å². The van der Waals surface area contributed by atoms with Gasteiger partial charge in [0.15, 0.2) is 0 Å². The summed E-state index contributed by atoms with van der Waals surface area (Å²) in [6.07, 6.45) is 2.21. The summed E-state index contributed by atoms with van der Waals surface area (Å²) in [6.45, 7) is 7.01. The van der Waals surface area contributed by atoms with Gasteiger partial charge in [0.25, 0.3) is 0 Å². The number of aryl methyl sites for hydroxylation is 1. The molecule has 0 fully saturated rings. The van der Waals surface area contributed by atoms with Crippen LogP contribution in [-0.2, 0) is 4.79 Å². The zero-order valence-electron chi connectivity index (χ0n) is 12.3. The van der Waals surface area contributed by atoms with Gasteiger partial charge in [0.1, 0.15) is 0 Å². The molecule has 1 aromatic rings. The molecule has 0 radical (unpaired) electrons. The molecular formula is C16H26N2O. The van der Waals surface area contributed by atoms with E-state index in [1.165, 1.54) is 11.1 Å². The molecule has 1 aromatic carbocycles. The fraction of sp³-hybridized carbons (Fsp3) is 0.562. The van der Waals surface area contributed by atoms with Crippen LogP contribution in [0.5, 0.6) is 0 Å². The molecule has 1 amide bonds. The van der Waals surface area contributed by atoms with Gasteiger partial charge in [-0.2, -0.15) is 0 Å². The number of nitrogens with two attached hydrogens (primary N) is 1. The van der Waals surface area contributed by atoms with Gasteiger partial charge in [-0.3, -0.25) is 4.79 Å². The maximum absolute atomic E-state index is 11.9. The molecule has 0 aliphatic carbocycles. The monoisotopic (exact) mass is 262 g/mol. The zero-order chi connectivity index (χ0) is 14.3. The predicted molar refractivity (Wildman–Crippen MR) is 79.8 cm³/mol. The van der Waals surface area contributed by atoms with Crippen LogP contribution in [0, 0.1) is 12.8 Å². The van der Waals surface area contributed by atoms with E-state index in [1.807, 2.05) is 12.1 Å². The second kappa shape index (κ2) is 7.95. The van der Waals surface area contributed by atoms with Crippen molar-refractivity contribution in [3.63, 3.8) is 0 Å². The summed E-state index contributed by atoms with van der Waals surface area (Å²) >= 11 is 0. The molecule has 0 bridgehead atoms. The summed E-state index contributed by atoms with van der Waals surface area (Å²) in [5.41, 5.74) is 7.89. The van der Waals surface area contributed by atoms with Crippen molar-refractivity contribution < 1.29 is 4.79 Å². The Morgan fingerprint density at radius 2 is 2.00 bits per heavy atom. The van der Waals surface area contributed by atoms with Crippen LogP contribution in [0.3, 0.4) is 0 Å². The molecule has 0 aliphatic heterocycles. The third-order valence-electron chi connectivity index (χ3n) is 3.21. The lowest BCUT2D eigenvalue weighted by Crippen LogP contribution is -2.30. The molecule has 106 valence electrons. The summed E-state index contributed by atoms with van der Waals surface area (Å²) in [7, 11) is 0. The van der Waals surface area contributed by atoms with Crippen LogP contribution in [0.2, 0.25) is 0 Å². The Hall–Kier alpha value is -1.35. The number of hydrogen-bond acceptors (Lipinski definition) is 2. The number of benzene rings is 1. The maximum Gasteiger partial charge on any atom is 0.220 e. The molecule has 0 saturated heterocycles. The van der Waals surface area contributed by atoms with E-state index in [2.05, 4.69) is 38.2 Å². The molecule has 1 atom stereocenters. The highest BCUT2D eigenvalue weighted by atomic mass is 16.1. The Kier molecular flexibility index (Phi) is 6.57. The summed E-state index contributed by atoms with van der Waals surface area (Å²) < 4.78 is 0. The molecule has 3 nitrogen and oxygen atoms in total. The van der Waals surface area contributed by atoms with Crippen molar-refractivity contribution >= 4 is 5.91 Å². The normalized spacial score (nSPS) is 12.5. The van der Waals surface area contributed by atoms with Crippen LogP contribution in [-0.4, -0.2) is 12.5 Å². The number of amides is 1. The van der Waals surface area contributed by atoms with Gasteiger partial charge in [0.05, 0.1) is 6.04 Å². The fourth-order valence-electron chi connectivity index (χ4n) is 2.24. The lowest BCUT2D eigenvalue weighted by atomic mass is 9.93. The summed E-state index contributed by atoms with van der Waals surface area (Å²) in [4.78, 5) is 11.9. The molecule has 1 rings (SSSR count). The van der Waals surface area contributed by atoms with Crippen LogP contribution in [0.4, 0.5) is 0 Å². The molecule has 1 unspecified atom stereocenters. The Labute approximate surface area is 116 Å². The Morgan fingerprint density at radius 3 is 2.58 bits per heavy atom. The second-order valence-electron chi connectivity index (χ2n) is 5.50. The van der Waals surface area contributed by atoms with Gasteiger partial charge in [-0.1, -0.05) is 38.1 Å². The first-order valence-electron chi connectivity index (χ1n) is 7.09. The lowest BCUT2D eigenvalue weighted by molar-refractivity contribution is -0.122. The Bertz CT molecular complexity index is 401. The average Bonchev–Trinajstić information content (AvgIpc) is 2.35. The van der Waals surface area contributed by atoms with E-state index in [-0.39, 0.29) is 11.9 Å². The van der Waals surface area contributed by atoms with Crippen LogP contribution >= 0.6 is 0 Å². The van der Waals surface area contributed by atoms with Crippen molar-refractivity contribution in [2.75, 3.05) is 6.54 Å². The summed E-state index contributed by atoms with van der Waals surface area (Å²) in [5, 5.41) is 3.15. The minimum Gasteiger partial charge on any atom is -0.349 e. The van der Waals surface area contributed by atoms with E-state index < -0.39 is 0 Å². The van der Waals surface area contributed by atoms with Crippen molar-refractivity contribution in [1.82, 2.24) is 5.32 Å². The number of hydrogen-bond donors (Lipinski definition) is 2. The van der Waals surface area contributed by atoms with E-state index >= 15 is 0 Å². The molecule has 19 heavy (non-hydrogen) atoms. The van der Waals surface area contributed by atoms with Gasteiger partial charge in [0.2, 0.25) is 5.91 Å². The highest BCUT2D eigenvalue weighted by Crippen LogP contribution is 2.24. The van der Waals surface area contributed by atoms with E-state index in [4.69, 9.17) is 5.73 Å². The second-order valence-corrected chi connectivity index (χ2v) is 5.50. The number of carbonyl (C=O) groups is 1. The maximum atomic E-state index is 11.9. The lowest BCUT2D eigenvalue weighted by Gasteiger charge is -2.23. The first-order chi connectivity index (χ1) is 9.04. The highest BCUT2D eigenvalue weighted by Gasteiger charge is 2.17. The van der Waals surface area contributed by atoms with Crippen molar-refractivity contribution in [1.29, 1.82) is 0 Å². The van der Waals surface area contributed by atoms with E-state index in [9.17, 15) is 4.79 Å². The Morgan fingerprint density at radius 1 is 1.32 bits per heavy atom. The van der Waals surface area contributed by atoms with Crippen LogP contribution in [0.25, 0.3) is 0 Å². The largest absolute Gasteiger partial charge is 0.349 e. The van der Waals surface area contributed by atoms with Gasteiger partial charge >= 0.3 is 0 Å². The van der Waals surface area contributed by atoms with Gasteiger partial charge in [0, 0.05) is 6.42 Å². The topological polar surface area (TPSA) is 55.1 Å². The minimum atomic E-state index is 0.0966. The quantitative estimate of drug-likeness (QED) is 0.793. The fourth-order valence-corrected chi connectivity index (χ4v) is 2.24. The third-order valence-corrected chi connectivity index (χ3v) is 3.21. The molecule has 0 spiro atoms. The summed E-state index contributed by atoms with van der Waals surface area (Å²) in [6, 6.07) is 8.36. The third kappa shape index (κ3) is 5.43. The van der Waals surface area contributed by atoms with Gasteiger partial charge in [-0.05, 0) is 43.4 Å². The summed E-state index contributed by atoms with van der Waals surface area (Å²) in [5.74, 6) is 0.638.